The Morgan fingerprint density at radius 3 is 3.00 bits per heavy atom. The molecule has 1 aromatic heterocycles. The summed E-state index contributed by atoms with van der Waals surface area (Å²) in [5, 5.41) is 0. The molecule has 1 rings (SSSR count). The van der Waals surface area contributed by atoms with Crippen LogP contribution in [0.2, 0.25) is 0 Å². The van der Waals surface area contributed by atoms with Gasteiger partial charge in [-0.2, -0.15) is 4.21 Å². The maximum Gasteiger partial charge on any atom is 0.291 e. The van der Waals surface area contributed by atoms with Crippen molar-refractivity contribution in [2.45, 2.75) is 0 Å². The minimum absolute atomic E-state index is 0.0978. The molecule has 0 bridgehead atoms. The maximum atomic E-state index is 10.8. The molecule has 56 valence electrons. The van der Waals surface area contributed by atoms with Gasteiger partial charge in [-0.1, -0.05) is 0 Å². The van der Waals surface area contributed by atoms with Crippen molar-refractivity contribution < 1.29 is 9.00 Å². The lowest BCUT2D eigenvalue weighted by atomic mass is 10.3. The van der Waals surface area contributed by atoms with E-state index in [0.717, 1.165) is 0 Å². The van der Waals surface area contributed by atoms with Gasteiger partial charge in [-0.3, -0.25) is 9.78 Å². The third-order valence-electron chi connectivity index (χ3n) is 1.03. The van der Waals surface area contributed by atoms with Crippen LogP contribution in [0.5, 0.6) is 0 Å². The molecule has 0 saturated carbocycles. The summed E-state index contributed by atoms with van der Waals surface area (Å²) in [5.41, 5.74) is 0.329. The van der Waals surface area contributed by atoms with E-state index in [9.17, 15) is 9.00 Å². The second-order valence-electron chi connectivity index (χ2n) is 1.71. The van der Waals surface area contributed by atoms with Gasteiger partial charge >= 0.3 is 0 Å². The molecule has 0 aromatic carbocycles. The molecule has 0 saturated heterocycles. The highest BCUT2D eigenvalue weighted by molar-refractivity contribution is 7.55. The van der Waals surface area contributed by atoms with Crippen LogP contribution in [0.15, 0.2) is 28.9 Å². The van der Waals surface area contributed by atoms with E-state index in [0.29, 0.717) is 5.56 Å². The molecule has 5 heteroatoms. The number of carbonyl (C=O) groups excluding carboxylic acids is 1. The predicted octanol–water partition coefficient (Wildman–Crippen LogP) is 0.618. The van der Waals surface area contributed by atoms with Crippen LogP contribution in [0.4, 0.5) is 0 Å². The van der Waals surface area contributed by atoms with Gasteiger partial charge in [0.15, 0.2) is 0 Å². The monoisotopic (exact) mass is 168 g/mol. The second-order valence-corrected chi connectivity index (χ2v) is 2.04. The van der Waals surface area contributed by atoms with Gasteiger partial charge in [-0.05, 0) is 12.1 Å². The lowest BCUT2D eigenvalue weighted by Crippen LogP contribution is -1.93. The molecule has 0 aliphatic carbocycles. The molecule has 1 aromatic rings. The zero-order chi connectivity index (χ0) is 8.10. The Morgan fingerprint density at radius 2 is 2.45 bits per heavy atom. The Kier molecular flexibility index (Phi) is 2.62. The van der Waals surface area contributed by atoms with Crippen LogP contribution < -0.4 is 0 Å². The first-order valence-electron chi connectivity index (χ1n) is 2.79. The van der Waals surface area contributed by atoms with Crippen molar-refractivity contribution in [2.24, 2.45) is 4.36 Å². The number of hydrogen-bond acceptors (Lipinski definition) is 3. The highest BCUT2D eigenvalue weighted by Crippen LogP contribution is 1.96. The molecular formula is C6H4N2O2S. The number of hydrogen-bond donors (Lipinski definition) is 0. The fraction of sp³-hybridized carbons (Fsp3) is 0. The number of nitrogens with zero attached hydrogens (tertiary/aromatic N) is 2. The van der Waals surface area contributed by atoms with E-state index in [4.69, 9.17) is 0 Å². The van der Waals surface area contributed by atoms with Gasteiger partial charge in [-0.25, -0.2) is 0 Å². The van der Waals surface area contributed by atoms with Crippen molar-refractivity contribution in [1.29, 1.82) is 0 Å². The van der Waals surface area contributed by atoms with Gasteiger partial charge in [0.25, 0.3) is 5.91 Å². The topological polar surface area (TPSA) is 59.4 Å². The van der Waals surface area contributed by atoms with E-state index < -0.39 is 5.91 Å². The normalized spacial score (nSPS) is 8.73. The van der Waals surface area contributed by atoms with Crippen molar-refractivity contribution in [2.75, 3.05) is 0 Å². The highest BCUT2D eigenvalue weighted by Gasteiger charge is 2.00. The van der Waals surface area contributed by atoms with Crippen LogP contribution in [0.1, 0.15) is 10.4 Å². The minimum atomic E-state index is -0.543. The van der Waals surface area contributed by atoms with Crippen LogP contribution >= 0.6 is 0 Å². The Hall–Kier alpha value is -1.36. The van der Waals surface area contributed by atoms with E-state index in [1.807, 2.05) is 0 Å². The first kappa shape index (κ1) is 7.74. The average molecular weight is 168 g/mol. The molecular weight excluding hydrogens is 164 g/mol. The van der Waals surface area contributed by atoms with E-state index >= 15 is 0 Å². The highest BCUT2D eigenvalue weighted by atomic mass is 32.1. The Balaban J connectivity index is 2.94. The van der Waals surface area contributed by atoms with Crippen molar-refractivity contribution in [1.82, 2.24) is 4.98 Å². The van der Waals surface area contributed by atoms with Crippen molar-refractivity contribution in [3.63, 3.8) is 0 Å². The number of amides is 1. The number of rotatable bonds is 1. The fourth-order valence-electron chi connectivity index (χ4n) is 0.576. The van der Waals surface area contributed by atoms with Gasteiger partial charge < -0.3 is 0 Å². The lowest BCUT2D eigenvalue weighted by molar-refractivity contribution is 0.100. The van der Waals surface area contributed by atoms with Crippen LogP contribution in [0, 0.1) is 0 Å². The largest absolute Gasteiger partial charge is 0.291 e. The molecule has 4 nitrogen and oxygen atoms in total. The summed E-state index contributed by atoms with van der Waals surface area (Å²) < 4.78 is 12.9. The molecule has 0 N–H and O–H groups in total. The summed E-state index contributed by atoms with van der Waals surface area (Å²) in [7, 11) is 0. The van der Waals surface area contributed by atoms with Crippen LogP contribution in [-0.2, 0) is 11.5 Å². The van der Waals surface area contributed by atoms with Crippen molar-refractivity contribution in [3.05, 3.63) is 30.1 Å². The maximum absolute atomic E-state index is 10.8. The smallest absolute Gasteiger partial charge is 0.266 e. The van der Waals surface area contributed by atoms with Gasteiger partial charge in [0.1, 0.15) is 0 Å². The van der Waals surface area contributed by atoms with Gasteiger partial charge in [0.2, 0.25) is 11.5 Å². The second kappa shape index (κ2) is 3.72. The first-order valence-corrected chi connectivity index (χ1v) is 3.49. The molecule has 11 heavy (non-hydrogen) atoms. The molecule has 0 aliphatic heterocycles. The van der Waals surface area contributed by atoms with Crippen LogP contribution in [-0.4, -0.2) is 15.1 Å². The summed E-state index contributed by atoms with van der Waals surface area (Å²) in [6.45, 7) is 0. The molecule has 0 atom stereocenters. The van der Waals surface area contributed by atoms with Crippen molar-refractivity contribution >= 4 is 17.4 Å². The first-order chi connectivity index (χ1) is 5.34. The van der Waals surface area contributed by atoms with E-state index in [-0.39, 0.29) is 11.5 Å². The van der Waals surface area contributed by atoms with Crippen LogP contribution in [0.25, 0.3) is 0 Å². The third-order valence-corrected chi connectivity index (χ3v) is 1.27. The predicted molar refractivity (Wildman–Crippen MR) is 39.1 cm³/mol. The van der Waals surface area contributed by atoms with E-state index in [2.05, 4.69) is 9.35 Å². The molecule has 0 fully saturated rings. The Labute approximate surface area is 66.5 Å². The van der Waals surface area contributed by atoms with Gasteiger partial charge in [0.05, 0.1) is 5.56 Å². The zero-order valence-electron chi connectivity index (χ0n) is 5.43. The molecule has 0 radical (unpaired) electrons. The third kappa shape index (κ3) is 2.05. The molecule has 0 spiro atoms. The summed E-state index contributed by atoms with van der Waals surface area (Å²) in [4.78, 5) is 14.5. The van der Waals surface area contributed by atoms with E-state index in [1.54, 1.807) is 18.3 Å². The number of aromatic nitrogens is 1. The fourth-order valence-corrected chi connectivity index (χ4v) is 0.749. The quantitative estimate of drug-likeness (QED) is 0.617. The van der Waals surface area contributed by atoms with Crippen LogP contribution in [0.3, 0.4) is 0 Å². The molecule has 0 unspecified atom stereocenters. The molecule has 0 aliphatic rings. The number of carbonyl (C=O) groups is 1. The van der Waals surface area contributed by atoms with E-state index in [1.165, 1.54) is 6.20 Å². The minimum Gasteiger partial charge on any atom is -0.266 e. The lowest BCUT2D eigenvalue weighted by Gasteiger charge is -1.88. The Morgan fingerprint density at radius 1 is 1.64 bits per heavy atom. The van der Waals surface area contributed by atoms with Gasteiger partial charge in [-0.15, -0.1) is 4.36 Å². The SMILES string of the molecule is O=S=NC(=O)c1cccnc1. The summed E-state index contributed by atoms with van der Waals surface area (Å²) in [6.07, 6.45) is 2.91. The van der Waals surface area contributed by atoms with Crippen molar-refractivity contribution in [3.8, 4) is 0 Å². The Bertz CT molecular complexity index is 306. The standard InChI is InChI=1S/C6H4N2O2S/c9-6(8-11-10)5-2-1-3-7-4-5/h1-4H. The zero-order valence-corrected chi connectivity index (χ0v) is 6.25. The average Bonchev–Trinajstić information content (AvgIpc) is 2.07. The summed E-state index contributed by atoms with van der Waals surface area (Å²) >= 11 is -0.0978. The molecule has 1 heterocycles. The molecule has 1 amide bonds. The van der Waals surface area contributed by atoms with Gasteiger partial charge in [0, 0.05) is 12.4 Å². The summed E-state index contributed by atoms with van der Waals surface area (Å²) in [5.74, 6) is -0.543. The number of pyridine rings is 1. The summed E-state index contributed by atoms with van der Waals surface area (Å²) in [6, 6.07) is 3.16.